The number of benzene rings is 1. The summed E-state index contributed by atoms with van der Waals surface area (Å²) in [7, 11) is 1.82. The molecule has 10 heteroatoms. The Labute approximate surface area is 167 Å². The minimum absolute atomic E-state index is 0. The van der Waals surface area contributed by atoms with Crippen molar-refractivity contribution in [3.63, 3.8) is 0 Å². The van der Waals surface area contributed by atoms with Crippen LogP contribution >= 0.6 is 24.2 Å². The first-order valence-corrected chi connectivity index (χ1v) is 9.54. The minimum atomic E-state index is -0.662. The molecule has 1 aliphatic carbocycles. The van der Waals surface area contributed by atoms with E-state index >= 15 is 0 Å². The first-order valence-electron chi connectivity index (χ1n) is 8.55. The van der Waals surface area contributed by atoms with E-state index in [4.69, 9.17) is 4.99 Å². The van der Waals surface area contributed by atoms with E-state index in [-0.39, 0.29) is 29.7 Å². The number of nitro benzene ring substituents is 1. The zero-order chi connectivity index (χ0) is 18.8. The van der Waals surface area contributed by atoms with Crippen LogP contribution in [-0.2, 0) is 4.79 Å². The summed E-state index contributed by atoms with van der Waals surface area (Å²) in [6, 6.07) is 3.54. The van der Waals surface area contributed by atoms with Crippen LogP contribution in [0.3, 0.4) is 0 Å². The van der Waals surface area contributed by atoms with E-state index in [1.54, 1.807) is 0 Å². The number of non-ortho nitro benzene ring substituents is 1. The van der Waals surface area contributed by atoms with Gasteiger partial charge in [0.1, 0.15) is 12.0 Å². The van der Waals surface area contributed by atoms with Gasteiger partial charge in [-0.1, -0.05) is 24.6 Å². The van der Waals surface area contributed by atoms with Crippen molar-refractivity contribution >= 4 is 46.6 Å². The molecule has 1 aliphatic heterocycles. The van der Waals surface area contributed by atoms with Gasteiger partial charge in [-0.2, -0.15) is 0 Å². The van der Waals surface area contributed by atoms with Crippen molar-refractivity contribution in [2.45, 2.75) is 44.8 Å². The molecule has 0 radical (unpaired) electrons. The molecule has 1 saturated heterocycles. The third-order valence-electron chi connectivity index (χ3n) is 4.77. The molecule has 1 saturated carbocycles. The van der Waals surface area contributed by atoms with E-state index in [1.807, 2.05) is 11.9 Å². The number of hydrogen-bond donors (Lipinski definition) is 0. The van der Waals surface area contributed by atoms with Crippen LogP contribution in [0.5, 0.6) is 0 Å². The Bertz CT molecular complexity index is 758. The number of nitro groups is 1. The van der Waals surface area contributed by atoms with Crippen LogP contribution in [0.15, 0.2) is 23.2 Å². The molecule has 1 atom stereocenters. The Hall–Kier alpha value is -1.87. The molecule has 27 heavy (non-hydrogen) atoms. The van der Waals surface area contributed by atoms with Crippen molar-refractivity contribution < 1.29 is 14.1 Å². The molecule has 2 fully saturated rings. The van der Waals surface area contributed by atoms with Gasteiger partial charge in [-0.25, -0.2) is 4.39 Å². The highest BCUT2D eigenvalue weighted by Gasteiger charge is 2.36. The number of amidine groups is 1. The Morgan fingerprint density at radius 3 is 2.67 bits per heavy atom. The molecular formula is C17H22ClFN4O3S. The number of thioether (sulfide) groups is 1. The summed E-state index contributed by atoms with van der Waals surface area (Å²) in [5.41, 5.74) is -0.327. The fourth-order valence-electron chi connectivity index (χ4n) is 3.40. The van der Waals surface area contributed by atoms with Gasteiger partial charge in [0.2, 0.25) is 5.91 Å². The zero-order valence-electron chi connectivity index (χ0n) is 15.1. The molecule has 0 bridgehead atoms. The third kappa shape index (κ3) is 4.52. The second-order valence-electron chi connectivity index (χ2n) is 6.53. The Balaban J connectivity index is 0.00000261. The fraction of sp³-hybridized carbons (Fsp3) is 0.529. The maximum absolute atomic E-state index is 14.4. The summed E-state index contributed by atoms with van der Waals surface area (Å²) >= 11 is 1.53. The summed E-state index contributed by atoms with van der Waals surface area (Å²) in [5.74, 6) is -0.501. The number of hydrogen-bond acceptors (Lipinski definition) is 5. The minimum Gasteiger partial charge on any atom is -0.333 e. The summed E-state index contributed by atoms with van der Waals surface area (Å²) in [6.07, 6.45) is 4.06. The van der Waals surface area contributed by atoms with Crippen LogP contribution in [0.1, 0.15) is 32.6 Å². The maximum Gasteiger partial charge on any atom is 0.271 e. The lowest BCUT2D eigenvalue weighted by Gasteiger charge is -2.33. The van der Waals surface area contributed by atoms with Crippen molar-refractivity contribution in [3.8, 4) is 0 Å². The second kappa shape index (κ2) is 8.88. The lowest BCUT2D eigenvalue weighted by Crippen LogP contribution is -2.48. The van der Waals surface area contributed by atoms with E-state index in [9.17, 15) is 19.3 Å². The van der Waals surface area contributed by atoms with Crippen LogP contribution < -0.4 is 4.90 Å². The van der Waals surface area contributed by atoms with Gasteiger partial charge in [-0.05, 0) is 18.9 Å². The molecule has 1 heterocycles. The van der Waals surface area contributed by atoms with Crippen molar-refractivity contribution in [1.29, 1.82) is 0 Å². The Morgan fingerprint density at radius 2 is 2.07 bits per heavy atom. The highest BCUT2D eigenvalue weighted by atomic mass is 35.5. The van der Waals surface area contributed by atoms with E-state index in [0.717, 1.165) is 36.2 Å². The molecule has 1 unspecified atom stereocenters. The monoisotopic (exact) mass is 416 g/mol. The number of amides is 1. The molecule has 3 rings (SSSR count). The van der Waals surface area contributed by atoms with E-state index in [0.29, 0.717) is 11.8 Å². The molecule has 0 aromatic heterocycles. The topological polar surface area (TPSA) is 79.0 Å². The number of rotatable bonds is 4. The highest BCUT2D eigenvalue weighted by molar-refractivity contribution is 8.14. The lowest BCUT2D eigenvalue weighted by molar-refractivity contribution is -0.384. The zero-order valence-corrected chi connectivity index (χ0v) is 16.8. The van der Waals surface area contributed by atoms with Crippen LogP contribution in [-0.4, -0.2) is 45.9 Å². The summed E-state index contributed by atoms with van der Waals surface area (Å²) < 4.78 is 14.4. The maximum atomic E-state index is 14.4. The van der Waals surface area contributed by atoms with Crippen molar-refractivity contribution in [2.24, 2.45) is 4.99 Å². The molecule has 1 aromatic carbocycles. The van der Waals surface area contributed by atoms with Gasteiger partial charge in [-0.15, -0.1) is 12.4 Å². The molecule has 0 spiro atoms. The average Bonchev–Trinajstić information content (AvgIpc) is 3.21. The standard InChI is InChI=1S/C17H21FN4O3S.ClH/c1-11(23)21(15-9-13(22(24)25)7-8-14(15)18)16-10-26-17(20(16)2)19-12-5-3-4-6-12;/h7-9,12,16H,3-6,10H2,1-2H3;1H. The van der Waals surface area contributed by atoms with Gasteiger partial charge in [0, 0.05) is 31.9 Å². The Morgan fingerprint density at radius 1 is 1.41 bits per heavy atom. The number of halogens is 2. The van der Waals surface area contributed by atoms with Gasteiger partial charge in [0.25, 0.3) is 5.69 Å². The summed E-state index contributed by atoms with van der Waals surface area (Å²) in [4.78, 5) is 30.6. The van der Waals surface area contributed by atoms with Crippen LogP contribution in [0.25, 0.3) is 0 Å². The predicted octanol–water partition coefficient (Wildman–Crippen LogP) is 3.81. The summed E-state index contributed by atoms with van der Waals surface area (Å²) in [5, 5.41) is 11.9. The van der Waals surface area contributed by atoms with Crippen LogP contribution in [0.4, 0.5) is 15.8 Å². The quantitative estimate of drug-likeness (QED) is 0.550. The van der Waals surface area contributed by atoms with E-state index in [2.05, 4.69) is 0 Å². The average molecular weight is 417 g/mol. The van der Waals surface area contributed by atoms with Crippen LogP contribution in [0, 0.1) is 15.9 Å². The second-order valence-corrected chi connectivity index (χ2v) is 7.52. The number of nitrogens with zero attached hydrogens (tertiary/aromatic N) is 4. The third-order valence-corrected chi connectivity index (χ3v) is 5.88. The molecule has 0 N–H and O–H groups in total. The molecule has 1 amide bonds. The van der Waals surface area contributed by atoms with Gasteiger partial charge in [0.05, 0.1) is 16.7 Å². The highest BCUT2D eigenvalue weighted by Crippen LogP contribution is 2.33. The Kier molecular flexibility index (Phi) is 7.05. The normalized spacial score (nSPS) is 21.4. The van der Waals surface area contributed by atoms with E-state index < -0.39 is 16.9 Å². The smallest absolute Gasteiger partial charge is 0.271 e. The predicted molar refractivity (Wildman–Crippen MR) is 107 cm³/mol. The molecule has 148 valence electrons. The largest absolute Gasteiger partial charge is 0.333 e. The number of anilines is 1. The van der Waals surface area contributed by atoms with Crippen LogP contribution in [0.2, 0.25) is 0 Å². The van der Waals surface area contributed by atoms with Gasteiger partial charge in [-0.3, -0.25) is 24.8 Å². The van der Waals surface area contributed by atoms with Gasteiger partial charge in [0.15, 0.2) is 5.17 Å². The lowest BCUT2D eigenvalue weighted by atomic mass is 10.2. The van der Waals surface area contributed by atoms with Crippen molar-refractivity contribution in [1.82, 2.24) is 4.90 Å². The summed E-state index contributed by atoms with van der Waals surface area (Å²) in [6.45, 7) is 1.34. The molecule has 7 nitrogen and oxygen atoms in total. The molecular weight excluding hydrogens is 395 g/mol. The van der Waals surface area contributed by atoms with Gasteiger partial charge >= 0.3 is 0 Å². The molecule has 2 aliphatic rings. The first kappa shape index (κ1) is 21.4. The first-order chi connectivity index (χ1) is 12.4. The van der Waals surface area contributed by atoms with Crippen molar-refractivity contribution in [2.75, 3.05) is 17.7 Å². The number of carbonyl (C=O) groups excluding carboxylic acids is 1. The fourth-order valence-corrected chi connectivity index (χ4v) is 4.61. The number of aliphatic imine (C=N–C) groups is 1. The van der Waals surface area contributed by atoms with E-state index in [1.165, 1.54) is 36.4 Å². The SMILES string of the molecule is CC(=O)N(c1cc([N+](=O)[O-])ccc1F)C1CSC(=NC2CCCC2)N1C.Cl. The molecule has 1 aromatic rings. The van der Waals surface area contributed by atoms with Gasteiger partial charge < -0.3 is 4.90 Å². The number of carbonyl (C=O) groups is 1. The van der Waals surface area contributed by atoms with Crippen molar-refractivity contribution in [3.05, 3.63) is 34.1 Å².